The van der Waals surface area contributed by atoms with E-state index >= 15 is 0 Å². The number of rotatable bonds is 5. The van der Waals surface area contributed by atoms with Crippen molar-refractivity contribution in [1.29, 1.82) is 0 Å². The molecule has 0 saturated carbocycles. The first-order valence-electron chi connectivity index (χ1n) is 8.56. The molecule has 0 saturated heterocycles. The van der Waals surface area contributed by atoms with Crippen molar-refractivity contribution in [1.82, 2.24) is 10.6 Å². The summed E-state index contributed by atoms with van der Waals surface area (Å²) in [5, 5.41) is 14.3. The van der Waals surface area contributed by atoms with Crippen molar-refractivity contribution in [3.05, 3.63) is 35.4 Å². The monoisotopic (exact) mass is 380 g/mol. The molecule has 150 valence electrons. The molecule has 1 aromatic carbocycles. The van der Waals surface area contributed by atoms with Gasteiger partial charge in [0.05, 0.1) is 11.6 Å². The van der Waals surface area contributed by atoms with Gasteiger partial charge in [-0.25, -0.2) is 14.4 Å². The Bertz CT molecular complexity index is 671. The first-order valence-corrected chi connectivity index (χ1v) is 8.56. The maximum Gasteiger partial charge on any atom is 0.408 e. The van der Waals surface area contributed by atoms with Gasteiger partial charge in [0.25, 0.3) is 0 Å². The fraction of sp³-hybridized carbons (Fsp3) is 0.526. The number of carboxylic acids is 1. The number of hydrogen-bond donors (Lipinski definition) is 3. The molecule has 0 aliphatic heterocycles. The van der Waals surface area contributed by atoms with Crippen molar-refractivity contribution in [2.45, 2.75) is 58.8 Å². The lowest BCUT2D eigenvalue weighted by Crippen LogP contribution is -2.41. The molecule has 8 nitrogen and oxygen atoms in total. The Balaban J connectivity index is 2.90. The van der Waals surface area contributed by atoms with Gasteiger partial charge in [-0.1, -0.05) is 12.1 Å². The molecule has 0 aromatic heterocycles. The highest BCUT2D eigenvalue weighted by Crippen LogP contribution is 2.16. The lowest BCUT2D eigenvalue weighted by molar-refractivity contribution is 0.0463. The van der Waals surface area contributed by atoms with Gasteiger partial charge in [-0.15, -0.1) is 0 Å². The number of nitrogens with one attached hydrogen (secondary N) is 2. The molecule has 1 rings (SSSR count). The third-order valence-electron chi connectivity index (χ3n) is 3.10. The number of amides is 2. The molecular weight excluding hydrogens is 352 g/mol. The van der Waals surface area contributed by atoms with Crippen LogP contribution in [0.2, 0.25) is 0 Å². The molecule has 0 unspecified atom stereocenters. The molecule has 0 heterocycles. The smallest absolute Gasteiger partial charge is 0.408 e. The van der Waals surface area contributed by atoms with Gasteiger partial charge in [0, 0.05) is 6.54 Å². The van der Waals surface area contributed by atoms with E-state index in [0.29, 0.717) is 5.56 Å². The SMILES string of the molecule is CC(C)(C)OC(=O)NC[C@H](NC(=O)OC(C)(C)C)c1ccc(C(=O)O)cc1. The van der Waals surface area contributed by atoms with E-state index in [2.05, 4.69) is 10.6 Å². The Morgan fingerprint density at radius 1 is 0.926 bits per heavy atom. The predicted octanol–water partition coefficient (Wildman–Crippen LogP) is 3.48. The van der Waals surface area contributed by atoms with Crippen LogP contribution in [0.4, 0.5) is 9.59 Å². The summed E-state index contributed by atoms with van der Waals surface area (Å²) < 4.78 is 10.4. The van der Waals surface area contributed by atoms with Gasteiger partial charge < -0.3 is 25.2 Å². The van der Waals surface area contributed by atoms with Gasteiger partial charge in [0.2, 0.25) is 0 Å². The Labute approximate surface area is 159 Å². The number of aromatic carboxylic acids is 1. The number of carbonyl (C=O) groups is 3. The number of alkyl carbamates (subject to hydrolysis) is 2. The van der Waals surface area contributed by atoms with Gasteiger partial charge in [0.1, 0.15) is 11.2 Å². The number of hydrogen-bond acceptors (Lipinski definition) is 5. The van der Waals surface area contributed by atoms with Crippen LogP contribution >= 0.6 is 0 Å². The summed E-state index contributed by atoms with van der Waals surface area (Å²) in [6, 6.07) is 5.36. The van der Waals surface area contributed by atoms with Crippen LogP contribution in [0, 0.1) is 0 Å². The molecule has 0 radical (unpaired) electrons. The molecule has 1 aromatic rings. The third kappa shape index (κ3) is 8.94. The van der Waals surface area contributed by atoms with Crippen molar-refractivity contribution in [2.24, 2.45) is 0 Å². The minimum Gasteiger partial charge on any atom is -0.478 e. The van der Waals surface area contributed by atoms with Crippen molar-refractivity contribution in [3.8, 4) is 0 Å². The fourth-order valence-electron chi connectivity index (χ4n) is 2.06. The molecule has 0 aliphatic carbocycles. The average molecular weight is 380 g/mol. The largest absolute Gasteiger partial charge is 0.478 e. The van der Waals surface area contributed by atoms with E-state index in [0.717, 1.165) is 0 Å². The summed E-state index contributed by atoms with van der Waals surface area (Å²) in [6.45, 7) is 10.5. The fourth-order valence-corrected chi connectivity index (χ4v) is 2.06. The first kappa shape index (κ1) is 22.3. The maximum atomic E-state index is 12.1. The summed E-state index contributed by atoms with van der Waals surface area (Å²) in [5.41, 5.74) is -0.599. The van der Waals surface area contributed by atoms with E-state index in [1.165, 1.54) is 12.1 Å². The number of ether oxygens (including phenoxy) is 2. The first-order chi connectivity index (χ1) is 12.3. The molecule has 0 aliphatic rings. The van der Waals surface area contributed by atoms with Crippen LogP contribution in [0.1, 0.15) is 63.5 Å². The Morgan fingerprint density at radius 2 is 1.41 bits per heavy atom. The minimum absolute atomic E-state index is 0.0422. The van der Waals surface area contributed by atoms with E-state index in [1.54, 1.807) is 53.7 Å². The average Bonchev–Trinajstić information content (AvgIpc) is 2.48. The van der Waals surface area contributed by atoms with Gasteiger partial charge in [-0.2, -0.15) is 0 Å². The lowest BCUT2D eigenvalue weighted by atomic mass is 10.0. The molecular formula is C19H28N2O6. The quantitative estimate of drug-likeness (QED) is 0.721. The summed E-state index contributed by atoms with van der Waals surface area (Å²) in [7, 11) is 0. The normalized spacial score (nSPS) is 12.7. The number of carbonyl (C=O) groups excluding carboxylic acids is 2. The second-order valence-corrected chi connectivity index (χ2v) is 8.01. The lowest BCUT2D eigenvalue weighted by Gasteiger charge is -2.25. The van der Waals surface area contributed by atoms with Crippen LogP contribution < -0.4 is 10.6 Å². The van der Waals surface area contributed by atoms with E-state index in [9.17, 15) is 14.4 Å². The highest BCUT2D eigenvalue weighted by Gasteiger charge is 2.23. The Morgan fingerprint density at radius 3 is 1.85 bits per heavy atom. The molecule has 27 heavy (non-hydrogen) atoms. The summed E-state index contributed by atoms with van der Waals surface area (Å²) in [5.74, 6) is -1.05. The zero-order valence-corrected chi connectivity index (χ0v) is 16.6. The van der Waals surface area contributed by atoms with Crippen LogP contribution in [0.5, 0.6) is 0 Å². The maximum absolute atomic E-state index is 12.1. The summed E-state index contributed by atoms with van der Waals surface area (Å²) in [6.07, 6.45) is -1.28. The zero-order valence-electron chi connectivity index (χ0n) is 16.6. The second kappa shape index (κ2) is 8.75. The molecule has 8 heteroatoms. The van der Waals surface area contributed by atoms with Gasteiger partial charge in [0.15, 0.2) is 0 Å². The number of benzene rings is 1. The second-order valence-electron chi connectivity index (χ2n) is 8.01. The van der Waals surface area contributed by atoms with Crippen molar-refractivity contribution in [2.75, 3.05) is 6.54 Å². The van der Waals surface area contributed by atoms with Crippen molar-refractivity contribution >= 4 is 18.2 Å². The standard InChI is InChI=1S/C19H28N2O6/c1-18(2,3)26-16(24)20-11-14(21-17(25)27-19(4,5)6)12-7-9-13(10-8-12)15(22)23/h7-10,14H,11H2,1-6H3,(H,20,24)(H,21,25)(H,22,23)/t14-/m0/s1. The van der Waals surface area contributed by atoms with Gasteiger partial charge in [-0.3, -0.25) is 0 Å². The van der Waals surface area contributed by atoms with Gasteiger partial charge in [-0.05, 0) is 59.2 Å². The molecule has 1 atom stereocenters. The Kier molecular flexibility index (Phi) is 7.21. The molecule has 0 fully saturated rings. The van der Waals surface area contributed by atoms with Crippen molar-refractivity contribution < 1.29 is 29.0 Å². The van der Waals surface area contributed by atoms with Gasteiger partial charge >= 0.3 is 18.2 Å². The number of carboxylic acid groups (broad SMARTS) is 1. The molecule has 3 N–H and O–H groups in total. The van der Waals surface area contributed by atoms with Crippen LogP contribution in [-0.2, 0) is 9.47 Å². The zero-order chi connectivity index (χ0) is 20.8. The molecule has 0 spiro atoms. The van der Waals surface area contributed by atoms with Crippen LogP contribution in [0.15, 0.2) is 24.3 Å². The van der Waals surface area contributed by atoms with E-state index in [-0.39, 0.29) is 12.1 Å². The van der Waals surface area contributed by atoms with E-state index in [4.69, 9.17) is 14.6 Å². The van der Waals surface area contributed by atoms with Crippen LogP contribution in [-0.4, -0.2) is 41.0 Å². The molecule has 2 amide bonds. The highest BCUT2D eigenvalue weighted by atomic mass is 16.6. The summed E-state index contributed by atoms with van der Waals surface area (Å²) in [4.78, 5) is 35.0. The topological polar surface area (TPSA) is 114 Å². The van der Waals surface area contributed by atoms with E-state index < -0.39 is 35.4 Å². The third-order valence-corrected chi connectivity index (χ3v) is 3.10. The van der Waals surface area contributed by atoms with Crippen molar-refractivity contribution in [3.63, 3.8) is 0 Å². The molecule has 0 bridgehead atoms. The van der Waals surface area contributed by atoms with E-state index in [1.807, 2.05) is 0 Å². The van der Waals surface area contributed by atoms with Crippen LogP contribution in [0.3, 0.4) is 0 Å². The predicted molar refractivity (Wildman–Crippen MR) is 99.7 cm³/mol. The van der Waals surface area contributed by atoms with Crippen LogP contribution in [0.25, 0.3) is 0 Å². The Hall–Kier alpha value is -2.77. The summed E-state index contributed by atoms with van der Waals surface area (Å²) >= 11 is 0. The highest BCUT2D eigenvalue weighted by molar-refractivity contribution is 5.87. The minimum atomic E-state index is -1.05.